The van der Waals surface area contributed by atoms with E-state index in [1.54, 1.807) is 24.3 Å². The van der Waals surface area contributed by atoms with Crippen molar-refractivity contribution in [2.24, 2.45) is 11.7 Å². The van der Waals surface area contributed by atoms with E-state index < -0.39 is 6.04 Å². The van der Waals surface area contributed by atoms with Gasteiger partial charge in [-0.15, -0.1) is 12.4 Å². The second-order valence-corrected chi connectivity index (χ2v) is 7.01. The van der Waals surface area contributed by atoms with Gasteiger partial charge in [0.1, 0.15) is 0 Å². The third-order valence-corrected chi connectivity index (χ3v) is 2.94. The first kappa shape index (κ1) is 21.4. The highest BCUT2D eigenvalue weighted by molar-refractivity contribution is 5.98. The highest BCUT2D eigenvalue weighted by Gasteiger charge is 2.17. The van der Waals surface area contributed by atoms with Crippen molar-refractivity contribution >= 4 is 29.9 Å². The molecule has 2 amide bonds. The maximum Gasteiger partial charge on any atom is 0.251 e. The first-order chi connectivity index (χ1) is 10.1. The molecule has 0 heterocycles. The van der Waals surface area contributed by atoms with Crippen molar-refractivity contribution in [3.63, 3.8) is 0 Å². The van der Waals surface area contributed by atoms with Crippen LogP contribution in [0.1, 0.15) is 51.4 Å². The zero-order chi connectivity index (χ0) is 16.9. The minimum absolute atomic E-state index is 0. The number of benzene rings is 1. The van der Waals surface area contributed by atoms with Crippen molar-refractivity contribution in [2.45, 2.75) is 52.6 Å². The van der Waals surface area contributed by atoms with E-state index in [1.165, 1.54) is 0 Å². The molecular formula is C17H28ClN3O2. The van der Waals surface area contributed by atoms with Crippen LogP contribution in [0.4, 0.5) is 5.69 Å². The Balaban J connectivity index is 0.00000484. The fraction of sp³-hybridized carbons (Fsp3) is 0.529. The number of nitrogens with two attached hydrogens (primary N) is 1. The Morgan fingerprint density at radius 3 is 2.35 bits per heavy atom. The minimum Gasteiger partial charge on any atom is -0.347 e. The number of halogens is 1. The number of carbonyl (C=O) groups excluding carboxylic acids is 2. The van der Waals surface area contributed by atoms with Crippen molar-refractivity contribution in [1.82, 2.24) is 5.32 Å². The molecule has 1 atom stereocenters. The lowest BCUT2D eigenvalue weighted by atomic mass is 10.0. The predicted molar refractivity (Wildman–Crippen MR) is 97.0 cm³/mol. The topological polar surface area (TPSA) is 84.2 Å². The van der Waals surface area contributed by atoms with E-state index in [0.29, 0.717) is 23.6 Å². The van der Waals surface area contributed by atoms with Crippen LogP contribution in [0.3, 0.4) is 0 Å². The molecule has 0 aliphatic heterocycles. The zero-order valence-electron chi connectivity index (χ0n) is 14.5. The number of nitrogens with one attached hydrogen (secondary N) is 2. The maximum absolute atomic E-state index is 12.1. The van der Waals surface area contributed by atoms with E-state index in [0.717, 1.165) is 0 Å². The standard InChI is InChI=1S/C17H27N3O2.ClH/c1-11(2)9-14(18)16(22)19-13-8-6-7-12(10-13)15(21)20-17(3,4)5;/h6-8,10-11,14H,9,18H2,1-5H3,(H,19,22)(H,20,21);1H/t14-;/m0./s1. The summed E-state index contributed by atoms with van der Waals surface area (Å²) >= 11 is 0. The van der Waals surface area contributed by atoms with Gasteiger partial charge >= 0.3 is 0 Å². The van der Waals surface area contributed by atoms with Crippen LogP contribution in [0, 0.1) is 5.92 Å². The molecule has 4 N–H and O–H groups in total. The molecule has 1 aromatic rings. The van der Waals surface area contributed by atoms with E-state index in [-0.39, 0.29) is 29.8 Å². The van der Waals surface area contributed by atoms with Crippen LogP contribution in [0.2, 0.25) is 0 Å². The molecule has 130 valence electrons. The van der Waals surface area contributed by atoms with Gasteiger partial charge < -0.3 is 16.4 Å². The molecule has 5 nitrogen and oxygen atoms in total. The third-order valence-electron chi connectivity index (χ3n) is 2.94. The van der Waals surface area contributed by atoms with Crippen LogP contribution in [0.25, 0.3) is 0 Å². The van der Waals surface area contributed by atoms with Gasteiger partial charge in [-0.1, -0.05) is 19.9 Å². The molecule has 0 aliphatic rings. The van der Waals surface area contributed by atoms with Gasteiger partial charge in [-0.25, -0.2) is 0 Å². The summed E-state index contributed by atoms with van der Waals surface area (Å²) in [4.78, 5) is 24.2. The van der Waals surface area contributed by atoms with Crippen LogP contribution >= 0.6 is 12.4 Å². The summed E-state index contributed by atoms with van der Waals surface area (Å²) in [7, 11) is 0. The Morgan fingerprint density at radius 2 is 1.83 bits per heavy atom. The molecule has 6 heteroatoms. The summed E-state index contributed by atoms with van der Waals surface area (Å²) in [5.41, 5.74) is 6.63. The molecule has 23 heavy (non-hydrogen) atoms. The van der Waals surface area contributed by atoms with Gasteiger partial charge in [-0.3, -0.25) is 9.59 Å². The number of hydrogen-bond donors (Lipinski definition) is 3. The first-order valence-electron chi connectivity index (χ1n) is 7.57. The van der Waals surface area contributed by atoms with E-state index >= 15 is 0 Å². The largest absolute Gasteiger partial charge is 0.347 e. The quantitative estimate of drug-likeness (QED) is 0.769. The summed E-state index contributed by atoms with van der Waals surface area (Å²) in [5, 5.41) is 5.65. The smallest absolute Gasteiger partial charge is 0.251 e. The van der Waals surface area contributed by atoms with Crippen LogP contribution in [0.15, 0.2) is 24.3 Å². The van der Waals surface area contributed by atoms with E-state index in [9.17, 15) is 9.59 Å². The summed E-state index contributed by atoms with van der Waals surface area (Å²) in [5.74, 6) is -0.0539. The maximum atomic E-state index is 12.1. The van der Waals surface area contributed by atoms with Crippen molar-refractivity contribution in [3.05, 3.63) is 29.8 Å². The summed E-state index contributed by atoms with van der Waals surface area (Å²) in [6.07, 6.45) is 0.621. The van der Waals surface area contributed by atoms with Crippen molar-refractivity contribution in [2.75, 3.05) is 5.32 Å². The number of rotatable bonds is 5. The monoisotopic (exact) mass is 341 g/mol. The molecule has 0 saturated heterocycles. The molecule has 0 spiro atoms. The molecule has 0 radical (unpaired) electrons. The summed E-state index contributed by atoms with van der Waals surface area (Å²) in [6, 6.07) is 6.30. The Hall–Kier alpha value is -1.59. The molecule has 0 bridgehead atoms. The normalized spacial score (nSPS) is 12.3. The van der Waals surface area contributed by atoms with Gasteiger partial charge in [0.2, 0.25) is 5.91 Å². The SMILES string of the molecule is CC(C)C[C@H](N)C(=O)Nc1cccc(C(=O)NC(C)(C)C)c1.Cl. The number of anilines is 1. The Labute approximate surface area is 144 Å². The second-order valence-electron chi connectivity index (χ2n) is 7.01. The van der Waals surface area contributed by atoms with Crippen molar-refractivity contribution < 1.29 is 9.59 Å². The molecular weight excluding hydrogens is 314 g/mol. The van der Waals surface area contributed by atoms with Gasteiger partial charge in [0, 0.05) is 16.8 Å². The van der Waals surface area contributed by atoms with Gasteiger partial charge in [0.25, 0.3) is 5.91 Å². The van der Waals surface area contributed by atoms with Crippen LogP contribution in [0.5, 0.6) is 0 Å². The first-order valence-corrected chi connectivity index (χ1v) is 7.57. The van der Waals surface area contributed by atoms with Gasteiger partial charge in [-0.2, -0.15) is 0 Å². The van der Waals surface area contributed by atoms with Crippen LogP contribution < -0.4 is 16.4 Å². The Kier molecular flexibility index (Phi) is 8.28. The molecule has 0 fully saturated rings. The second kappa shape index (κ2) is 8.89. The van der Waals surface area contributed by atoms with E-state index in [4.69, 9.17) is 5.73 Å². The highest BCUT2D eigenvalue weighted by atomic mass is 35.5. The molecule has 0 saturated carbocycles. The highest BCUT2D eigenvalue weighted by Crippen LogP contribution is 2.13. The molecule has 1 rings (SSSR count). The number of amides is 2. The summed E-state index contributed by atoms with van der Waals surface area (Å²) < 4.78 is 0. The van der Waals surface area contributed by atoms with Crippen molar-refractivity contribution in [1.29, 1.82) is 0 Å². The minimum atomic E-state index is -0.549. The molecule has 0 unspecified atom stereocenters. The molecule has 0 aliphatic carbocycles. The predicted octanol–water partition coefficient (Wildman–Crippen LogP) is 2.95. The Morgan fingerprint density at radius 1 is 1.22 bits per heavy atom. The lowest BCUT2D eigenvalue weighted by Crippen LogP contribution is -2.40. The fourth-order valence-corrected chi connectivity index (χ4v) is 2.00. The summed E-state index contributed by atoms with van der Waals surface area (Å²) in [6.45, 7) is 9.79. The van der Waals surface area contributed by atoms with Crippen LogP contribution in [-0.4, -0.2) is 23.4 Å². The average molecular weight is 342 g/mol. The lowest BCUT2D eigenvalue weighted by molar-refractivity contribution is -0.117. The van der Waals surface area contributed by atoms with Gasteiger partial charge in [-0.05, 0) is 51.3 Å². The molecule has 1 aromatic carbocycles. The van der Waals surface area contributed by atoms with Crippen molar-refractivity contribution in [3.8, 4) is 0 Å². The molecule has 0 aromatic heterocycles. The van der Waals surface area contributed by atoms with E-state index in [2.05, 4.69) is 10.6 Å². The lowest BCUT2D eigenvalue weighted by Gasteiger charge is -2.20. The van der Waals surface area contributed by atoms with Gasteiger partial charge in [0.15, 0.2) is 0 Å². The zero-order valence-corrected chi connectivity index (χ0v) is 15.3. The van der Waals surface area contributed by atoms with E-state index in [1.807, 2.05) is 34.6 Å². The average Bonchev–Trinajstić information content (AvgIpc) is 2.36. The number of carbonyl (C=O) groups is 2. The van der Waals surface area contributed by atoms with Crippen LogP contribution in [-0.2, 0) is 4.79 Å². The van der Waals surface area contributed by atoms with Gasteiger partial charge in [0.05, 0.1) is 6.04 Å². The third kappa shape index (κ3) is 8.00. The fourth-order valence-electron chi connectivity index (χ4n) is 2.00. The number of hydrogen-bond acceptors (Lipinski definition) is 3. The Bertz CT molecular complexity index is 539.